The van der Waals surface area contributed by atoms with E-state index in [1.807, 2.05) is 30.3 Å². The Labute approximate surface area is 332 Å². The molecule has 0 aliphatic heterocycles. The first-order valence-electron chi connectivity index (χ1n) is 17.5. The van der Waals surface area contributed by atoms with Gasteiger partial charge in [-0.2, -0.15) is 18.2 Å². The van der Waals surface area contributed by atoms with Gasteiger partial charge < -0.3 is 34.8 Å². The Kier molecular flexibility index (Phi) is 15.9. The Morgan fingerprint density at radius 2 is 1.37 bits per heavy atom. The molecule has 0 aliphatic carbocycles. The summed E-state index contributed by atoms with van der Waals surface area (Å²) in [6.07, 6.45) is -8.93. The number of halogens is 4. The van der Waals surface area contributed by atoms with Gasteiger partial charge in [0, 0.05) is 25.4 Å². The molecule has 0 aliphatic rings. The molecule has 18 heteroatoms. The number of thioether (sulfide) groups is 1. The number of benzene rings is 3. The maximum absolute atomic E-state index is 14.1. The molecule has 2 atom stereocenters. The standard InChI is InChI=1S/C35H34F4N4O2S2.C4H6O6/c1-3-41(4-2)18-19-42(21-24-5-9-26(10-6-24)27-11-13-28(14-12-27)35(37,38)39)31(44)22-43-30-17-20-46-32(30)33(45)40-34(43)47-23-25-7-15-29(36)16-8-25;5-1(3(7)8)2(6)4(9)10/h5-17,20H,3-4,18-19,21-23H2,1-2H3;1-2,5-6H,(H,7,8)(H,9,10). The summed E-state index contributed by atoms with van der Waals surface area (Å²) in [7, 11) is 0. The number of thiophene rings is 1. The molecular weight excluding hydrogens is 793 g/mol. The predicted octanol–water partition coefficient (Wildman–Crippen LogP) is 5.82. The number of likely N-dealkylation sites (N-methyl/N-ethyl adjacent to an activating group) is 1. The molecule has 0 spiro atoms. The number of alkyl halides is 3. The zero-order valence-corrected chi connectivity index (χ0v) is 32.4. The Morgan fingerprint density at radius 1 is 0.825 bits per heavy atom. The highest BCUT2D eigenvalue weighted by Gasteiger charge is 2.30. The van der Waals surface area contributed by atoms with Gasteiger partial charge >= 0.3 is 18.1 Å². The van der Waals surface area contributed by atoms with E-state index in [1.165, 1.54) is 47.4 Å². The molecule has 0 bridgehead atoms. The highest BCUT2D eigenvalue weighted by atomic mass is 32.2. The highest BCUT2D eigenvalue weighted by Crippen LogP contribution is 2.31. The van der Waals surface area contributed by atoms with Gasteiger partial charge in [-0.3, -0.25) is 9.59 Å². The molecule has 0 saturated heterocycles. The minimum absolute atomic E-state index is 0.0336. The SMILES string of the molecule is CCN(CC)CCN(Cc1ccc(-c2ccc(C(F)(F)F)cc2)cc1)C(=O)Cn1c(SCc2ccc(F)cc2)nc(=O)c2sccc21.O=C(O)C(O)C(O)C(=O)O. The lowest BCUT2D eigenvalue weighted by atomic mass is 10.0. The van der Waals surface area contributed by atoms with Crippen molar-refractivity contribution < 1.29 is 52.4 Å². The number of nitrogens with zero attached hydrogens (tertiary/aromatic N) is 4. The predicted molar refractivity (Wildman–Crippen MR) is 207 cm³/mol. The van der Waals surface area contributed by atoms with Gasteiger partial charge in [0.15, 0.2) is 17.4 Å². The Morgan fingerprint density at radius 3 is 1.89 bits per heavy atom. The van der Waals surface area contributed by atoms with Crippen LogP contribution in [-0.2, 0) is 39.4 Å². The van der Waals surface area contributed by atoms with Gasteiger partial charge in [-0.1, -0.05) is 74.1 Å². The minimum Gasteiger partial charge on any atom is -0.479 e. The van der Waals surface area contributed by atoms with Crippen LogP contribution in [0.15, 0.2) is 94.2 Å². The number of hydrogen-bond acceptors (Lipinski definition) is 10. The van der Waals surface area contributed by atoms with Crippen LogP contribution in [0.25, 0.3) is 21.3 Å². The van der Waals surface area contributed by atoms with Crippen LogP contribution in [-0.4, -0.2) is 96.0 Å². The maximum atomic E-state index is 14.1. The van der Waals surface area contributed by atoms with Crippen molar-refractivity contribution in [1.82, 2.24) is 19.4 Å². The summed E-state index contributed by atoms with van der Waals surface area (Å²) in [5.74, 6) is -3.58. The molecule has 0 fully saturated rings. The smallest absolute Gasteiger partial charge is 0.416 e. The summed E-state index contributed by atoms with van der Waals surface area (Å²) in [6, 6.07) is 20.4. The first-order chi connectivity index (χ1) is 27.0. The maximum Gasteiger partial charge on any atom is 0.416 e. The lowest BCUT2D eigenvalue weighted by molar-refractivity contribution is -0.165. The van der Waals surface area contributed by atoms with Crippen LogP contribution in [0.4, 0.5) is 17.6 Å². The van der Waals surface area contributed by atoms with E-state index in [-0.39, 0.29) is 23.8 Å². The summed E-state index contributed by atoms with van der Waals surface area (Å²) in [6.45, 7) is 7.25. The second-order valence-corrected chi connectivity index (χ2v) is 14.4. The van der Waals surface area contributed by atoms with Crippen molar-refractivity contribution >= 4 is 51.2 Å². The number of rotatable bonds is 16. The molecule has 0 saturated carbocycles. The van der Waals surface area contributed by atoms with E-state index >= 15 is 0 Å². The van der Waals surface area contributed by atoms with E-state index < -0.39 is 35.9 Å². The summed E-state index contributed by atoms with van der Waals surface area (Å²) < 4.78 is 54.7. The van der Waals surface area contributed by atoms with Crippen molar-refractivity contribution in [2.75, 3.05) is 26.2 Å². The summed E-state index contributed by atoms with van der Waals surface area (Å²) in [5, 5.41) is 34.7. The fourth-order valence-electron chi connectivity index (χ4n) is 5.44. The van der Waals surface area contributed by atoms with Crippen molar-refractivity contribution in [3.8, 4) is 11.1 Å². The molecule has 5 aromatic rings. The topological polar surface area (TPSA) is 174 Å². The van der Waals surface area contributed by atoms with Crippen LogP contribution in [0.5, 0.6) is 0 Å². The second kappa shape index (κ2) is 20.3. The minimum atomic E-state index is -4.40. The van der Waals surface area contributed by atoms with Crippen LogP contribution in [0.2, 0.25) is 0 Å². The van der Waals surface area contributed by atoms with Crippen molar-refractivity contribution in [3.05, 3.63) is 117 Å². The van der Waals surface area contributed by atoms with Crippen molar-refractivity contribution in [2.45, 2.75) is 56.2 Å². The first kappa shape index (κ1) is 44.6. The van der Waals surface area contributed by atoms with Crippen LogP contribution >= 0.6 is 23.1 Å². The number of carboxylic acid groups (broad SMARTS) is 2. The van der Waals surface area contributed by atoms with Crippen molar-refractivity contribution in [3.63, 3.8) is 0 Å². The van der Waals surface area contributed by atoms with Gasteiger partial charge in [-0.05, 0) is 71.1 Å². The molecule has 1 amide bonds. The molecule has 2 aromatic heterocycles. The molecule has 304 valence electrons. The number of carbonyl (C=O) groups excluding carboxylic acids is 1. The van der Waals surface area contributed by atoms with E-state index in [0.29, 0.717) is 46.3 Å². The van der Waals surface area contributed by atoms with Gasteiger partial charge in [0.25, 0.3) is 5.56 Å². The van der Waals surface area contributed by atoms with Crippen LogP contribution in [0, 0.1) is 5.82 Å². The normalized spacial score (nSPS) is 12.5. The van der Waals surface area contributed by atoms with Crippen molar-refractivity contribution in [2.24, 2.45) is 0 Å². The molecular formula is C39H40F4N4O8S2. The number of carboxylic acids is 2. The van der Waals surface area contributed by atoms with Gasteiger partial charge in [-0.15, -0.1) is 11.3 Å². The summed E-state index contributed by atoms with van der Waals surface area (Å²) in [4.78, 5) is 54.8. The molecule has 2 unspecified atom stereocenters. The number of aliphatic hydroxyl groups excluding tert-OH is 2. The molecule has 5 rings (SSSR count). The Hall–Kier alpha value is -5.14. The van der Waals surface area contributed by atoms with Gasteiger partial charge in [-0.25, -0.2) is 14.0 Å². The zero-order valence-electron chi connectivity index (χ0n) is 30.7. The van der Waals surface area contributed by atoms with Crippen LogP contribution in [0.1, 0.15) is 30.5 Å². The van der Waals surface area contributed by atoms with Gasteiger partial charge in [0.1, 0.15) is 17.1 Å². The molecule has 12 nitrogen and oxygen atoms in total. The number of fused-ring (bicyclic) bond motifs is 1. The number of hydrogen-bond donors (Lipinski definition) is 4. The molecule has 4 N–H and O–H groups in total. The second-order valence-electron chi connectivity index (χ2n) is 12.5. The Balaban J connectivity index is 0.000000635. The number of aliphatic hydroxyl groups is 2. The van der Waals surface area contributed by atoms with Gasteiger partial charge in [0.05, 0.1) is 11.1 Å². The third kappa shape index (κ3) is 12.4. The quantitative estimate of drug-likeness (QED) is 0.0536. The monoisotopic (exact) mass is 832 g/mol. The third-order valence-electron chi connectivity index (χ3n) is 8.74. The number of carbonyl (C=O) groups is 3. The molecule has 0 radical (unpaired) electrons. The zero-order chi connectivity index (χ0) is 41.9. The average molecular weight is 833 g/mol. The fraction of sp³-hybridized carbons (Fsp3) is 0.308. The van der Waals surface area contributed by atoms with E-state index in [4.69, 9.17) is 20.4 Å². The van der Waals surface area contributed by atoms with E-state index in [2.05, 4.69) is 23.7 Å². The van der Waals surface area contributed by atoms with Crippen LogP contribution in [0.3, 0.4) is 0 Å². The fourth-order valence-corrected chi connectivity index (χ4v) is 7.17. The lowest BCUT2D eigenvalue weighted by Gasteiger charge is -2.27. The average Bonchev–Trinajstić information content (AvgIpc) is 3.69. The molecule has 3 aromatic carbocycles. The molecule has 57 heavy (non-hydrogen) atoms. The number of aliphatic carboxylic acids is 2. The molecule has 2 heterocycles. The van der Waals surface area contributed by atoms with E-state index in [0.717, 1.165) is 41.9 Å². The Bertz CT molecular complexity index is 2160. The summed E-state index contributed by atoms with van der Waals surface area (Å²) in [5.41, 5.74) is 2.74. The van der Waals surface area contributed by atoms with E-state index in [9.17, 15) is 36.7 Å². The highest BCUT2D eigenvalue weighted by molar-refractivity contribution is 7.98. The number of amides is 1. The van der Waals surface area contributed by atoms with Crippen molar-refractivity contribution in [1.29, 1.82) is 0 Å². The van der Waals surface area contributed by atoms with Crippen LogP contribution < -0.4 is 5.56 Å². The first-order valence-corrected chi connectivity index (χ1v) is 19.3. The lowest BCUT2D eigenvalue weighted by Crippen LogP contribution is -2.40. The third-order valence-corrected chi connectivity index (χ3v) is 10.7. The summed E-state index contributed by atoms with van der Waals surface area (Å²) >= 11 is 2.59. The van der Waals surface area contributed by atoms with Gasteiger partial charge in [0.2, 0.25) is 5.91 Å². The largest absolute Gasteiger partial charge is 0.479 e. The van der Waals surface area contributed by atoms with E-state index in [1.54, 1.807) is 27.0 Å². The number of aromatic nitrogens is 2.